The fourth-order valence-corrected chi connectivity index (χ4v) is 5.30. The molecule has 0 aromatic carbocycles. The number of nitrogens with zero attached hydrogens (tertiary/aromatic N) is 1. The van der Waals surface area contributed by atoms with Crippen LogP contribution in [0.3, 0.4) is 0 Å². The molecule has 0 spiro atoms. The van der Waals surface area contributed by atoms with Crippen molar-refractivity contribution in [2.45, 2.75) is 76.8 Å². The van der Waals surface area contributed by atoms with Crippen molar-refractivity contribution in [1.82, 2.24) is 4.90 Å². The Balaban J connectivity index is 1.69. The fourth-order valence-electron chi connectivity index (χ4n) is 3.87. The van der Waals surface area contributed by atoms with E-state index in [1.165, 1.54) is 0 Å². The highest BCUT2D eigenvalue weighted by Crippen LogP contribution is 2.57. The summed E-state index contributed by atoms with van der Waals surface area (Å²) < 4.78 is 45.0. The molecule has 13 nitrogen and oxygen atoms in total. The van der Waals surface area contributed by atoms with E-state index in [1.807, 2.05) is 0 Å². The van der Waals surface area contributed by atoms with Crippen LogP contribution in [-0.2, 0) is 51.5 Å². The molecule has 5 atom stereocenters. The van der Waals surface area contributed by atoms with E-state index in [1.54, 1.807) is 27.7 Å². The average Bonchev–Trinajstić information content (AvgIpc) is 3.07. The first-order valence-corrected chi connectivity index (χ1v) is 13.1. The number of phosphoric acid groups is 1. The number of esters is 2. The topological polar surface area (TPSA) is 164 Å². The van der Waals surface area contributed by atoms with Crippen molar-refractivity contribution in [1.29, 1.82) is 0 Å². The van der Waals surface area contributed by atoms with Gasteiger partial charge in [-0.1, -0.05) is 5.92 Å². The van der Waals surface area contributed by atoms with Crippen LogP contribution < -0.4 is 0 Å². The second-order valence-electron chi connectivity index (χ2n) is 9.17. The lowest BCUT2D eigenvalue weighted by Gasteiger charge is -2.36. The van der Waals surface area contributed by atoms with Gasteiger partial charge < -0.3 is 19.3 Å². The Kier molecular flexibility index (Phi) is 8.95. The van der Waals surface area contributed by atoms with Crippen molar-refractivity contribution in [3.8, 4) is 12.3 Å². The highest BCUT2D eigenvalue weighted by atomic mass is 31.2. The van der Waals surface area contributed by atoms with E-state index >= 15 is 0 Å². The van der Waals surface area contributed by atoms with E-state index in [2.05, 4.69) is 5.92 Å². The molecule has 2 fully saturated rings. The minimum absolute atomic E-state index is 0.262. The molecule has 3 heterocycles. The maximum absolute atomic E-state index is 13.2. The van der Waals surface area contributed by atoms with Gasteiger partial charge in [0, 0.05) is 6.20 Å². The lowest BCUT2D eigenvalue weighted by molar-refractivity contribution is -0.167. The number of carbonyl (C=O) groups is 4. The minimum Gasteiger partial charge on any atom is -0.462 e. The van der Waals surface area contributed by atoms with Gasteiger partial charge in [0.2, 0.25) is 5.91 Å². The molecular formula is C23H30NO12P. The quantitative estimate of drug-likeness (QED) is 0.189. The van der Waals surface area contributed by atoms with Gasteiger partial charge in [0.25, 0.3) is 0 Å². The van der Waals surface area contributed by atoms with Crippen LogP contribution in [-0.4, -0.2) is 83.1 Å². The molecule has 3 aliphatic heterocycles. The first-order valence-electron chi connectivity index (χ1n) is 11.7. The smallest absolute Gasteiger partial charge is 0.462 e. The second kappa shape index (κ2) is 11.4. The van der Waals surface area contributed by atoms with Crippen LogP contribution in [0.1, 0.15) is 40.5 Å². The Bertz CT molecular complexity index is 1030. The van der Waals surface area contributed by atoms with Crippen molar-refractivity contribution < 1.29 is 56.6 Å². The van der Waals surface area contributed by atoms with E-state index in [-0.39, 0.29) is 13.0 Å². The van der Waals surface area contributed by atoms with E-state index in [0.29, 0.717) is 0 Å². The number of fused-ring (bicyclic) bond motifs is 1. The summed E-state index contributed by atoms with van der Waals surface area (Å²) in [5.74, 6) is -1.96. The van der Waals surface area contributed by atoms with Crippen LogP contribution in [0, 0.1) is 18.3 Å². The van der Waals surface area contributed by atoms with Crippen LogP contribution in [0.15, 0.2) is 12.3 Å². The minimum atomic E-state index is -4.36. The molecule has 0 radical (unpaired) electrons. The summed E-state index contributed by atoms with van der Waals surface area (Å²) in [5, 5.41) is 11.2. The van der Waals surface area contributed by atoms with Gasteiger partial charge in [0.05, 0.1) is 31.8 Å². The summed E-state index contributed by atoms with van der Waals surface area (Å²) >= 11 is 0. The normalized spacial score (nSPS) is 31.5. The molecule has 3 rings (SSSR count). The Morgan fingerprint density at radius 3 is 2.41 bits per heavy atom. The van der Waals surface area contributed by atoms with Crippen LogP contribution in [0.4, 0.5) is 0 Å². The van der Waals surface area contributed by atoms with E-state index < -0.39 is 86.6 Å². The predicted octanol–water partition coefficient (Wildman–Crippen LogP) is 0.840. The Hall–Kier alpha value is -2.59. The highest BCUT2D eigenvalue weighted by Gasteiger charge is 2.63. The zero-order valence-corrected chi connectivity index (χ0v) is 21.8. The van der Waals surface area contributed by atoms with Crippen molar-refractivity contribution in [2.75, 3.05) is 13.2 Å². The maximum Gasteiger partial charge on any atom is 0.475 e. The summed E-state index contributed by atoms with van der Waals surface area (Å²) in [6, 6.07) is 0. The monoisotopic (exact) mass is 543 g/mol. The number of terminal acetylenes is 1. The number of hydrogen-bond acceptors (Lipinski definition) is 12. The number of allylic oxidation sites excluding steroid dienone is 1. The molecule has 0 aliphatic carbocycles. The molecule has 1 amide bonds. The zero-order valence-electron chi connectivity index (χ0n) is 20.9. The Morgan fingerprint density at radius 1 is 1.24 bits per heavy atom. The summed E-state index contributed by atoms with van der Waals surface area (Å²) in [4.78, 5) is 49.6. The first kappa shape index (κ1) is 29.0. The molecule has 2 saturated heterocycles. The molecule has 0 unspecified atom stereocenters. The summed E-state index contributed by atoms with van der Waals surface area (Å²) in [7, 11) is -4.36. The van der Waals surface area contributed by atoms with E-state index in [0.717, 1.165) is 17.2 Å². The Labute approximate surface area is 213 Å². The number of aliphatic hydroxyl groups is 1. The standard InChI is InChI=1S/C23H30NO12P/c1-6-23(29)19-17(35-22(23)24-9-7-15(25)11-18(24)26)12-32-37(30,36-19)31-10-8-16(20(27)33-13(2)3)21(28)34-14(4)5/h1,7,9,13-14,16-17,19,22,29H,8,10-12H2,2-5H3/t17-,19-,22-,23-,37-/m1/s1. The van der Waals surface area contributed by atoms with Crippen LogP contribution in [0.25, 0.3) is 0 Å². The van der Waals surface area contributed by atoms with Crippen LogP contribution >= 0.6 is 7.82 Å². The fraction of sp³-hybridized carbons (Fsp3) is 0.652. The molecule has 14 heteroatoms. The number of rotatable bonds is 9. The maximum atomic E-state index is 13.2. The number of hydrogen-bond donors (Lipinski definition) is 1. The van der Waals surface area contributed by atoms with Gasteiger partial charge in [0.1, 0.15) is 12.2 Å². The number of phosphoric ester groups is 1. The number of ketones is 1. The number of amides is 1. The van der Waals surface area contributed by atoms with Crippen LogP contribution in [0.2, 0.25) is 0 Å². The molecular weight excluding hydrogens is 513 g/mol. The molecule has 0 aromatic heterocycles. The summed E-state index contributed by atoms with van der Waals surface area (Å²) in [6.45, 7) is 5.66. The van der Waals surface area contributed by atoms with E-state index in [4.69, 9.17) is 34.2 Å². The second-order valence-corrected chi connectivity index (χ2v) is 10.8. The van der Waals surface area contributed by atoms with Gasteiger partial charge in [-0.2, -0.15) is 0 Å². The van der Waals surface area contributed by atoms with Crippen molar-refractivity contribution in [3.05, 3.63) is 12.3 Å². The largest absolute Gasteiger partial charge is 0.475 e. The van der Waals surface area contributed by atoms with Gasteiger partial charge in [0.15, 0.2) is 23.5 Å². The first-order chi connectivity index (χ1) is 17.3. The van der Waals surface area contributed by atoms with Gasteiger partial charge in [-0.15, -0.1) is 6.42 Å². The molecule has 3 aliphatic rings. The van der Waals surface area contributed by atoms with Gasteiger partial charge in [-0.25, -0.2) is 4.57 Å². The van der Waals surface area contributed by atoms with Gasteiger partial charge in [-0.05, 0) is 40.2 Å². The number of ether oxygens (including phenoxy) is 3. The molecule has 1 N–H and O–H groups in total. The zero-order chi connectivity index (χ0) is 27.5. The lowest BCUT2D eigenvalue weighted by atomic mass is 9.94. The third-order valence-electron chi connectivity index (χ3n) is 5.54. The van der Waals surface area contributed by atoms with E-state index in [9.17, 15) is 28.8 Å². The van der Waals surface area contributed by atoms with Crippen LogP contribution in [0.5, 0.6) is 0 Å². The average molecular weight is 543 g/mol. The third-order valence-corrected chi connectivity index (χ3v) is 6.99. The summed E-state index contributed by atoms with van der Waals surface area (Å²) in [5.41, 5.74) is -2.27. The highest BCUT2D eigenvalue weighted by molar-refractivity contribution is 7.48. The predicted molar refractivity (Wildman–Crippen MR) is 123 cm³/mol. The van der Waals surface area contributed by atoms with Crippen molar-refractivity contribution >= 4 is 31.5 Å². The molecule has 0 saturated carbocycles. The van der Waals surface area contributed by atoms with Gasteiger partial charge in [-0.3, -0.25) is 37.6 Å². The molecule has 0 bridgehead atoms. The van der Waals surface area contributed by atoms with Crippen molar-refractivity contribution in [2.24, 2.45) is 5.92 Å². The third kappa shape index (κ3) is 6.46. The van der Waals surface area contributed by atoms with Gasteiger partial charge >= 0.3 is 19.8 Å². The molecule has 0 aromatic rings. The molecule has 37 heavy (non-hydrogen) atoms. The summed E-state index contributed by atoms with van der Waals surface area (Å²) in [6.07, 6.45) is 2.27. The number of carbonyl (C=O) groups excluding carboxylic acids is 4. The van der Waals surface area contributed by atoms with Crippen molar-refractivity contribution in [3.63, 3.8) is 0 Å². The Morgan fingerprint density at radius 2 is 1.86 bits per heavy atom. The SMILES string of the molecule is C#C[C@@]1(O)[C@@H]2O[P@](=O)(OCCC(C(=O)OC(C)C)C(=O)OC(C)C)OC[C@H]2O[C@H]1N1C=CC(=O)CC1=O. The lowest BCUT2D eigenvalue weighted by Crippen LogP contribution is -2.56. The molecule has 204 valence electrons.